The summed E-state index contributed by atoms with van der Waals surface area (Å²) in [5.41, 5.74) is 2.30. The van der Waals surface area contributed by atoms with Crippen molar-refractivity contribution in [2.24, 2.45) is 0 Å². The van der Waals surface area contributed by atoms with E-state index in [1.165, 1.54) is 6.07 Å². The number of fused-ring (bicyclic) bond motifs is 1. The maximum absolute atomic E-state index is 12.1. The predicted molar refractivity (Wildman–Crippen MR) is 83.8 cm³/mol. The Labute approximate surface area is 127 Å². The maximum Gasteiger partial charge on any atom is 0.254 e. The van der Waals surface area contributed by atoms with Crippen LogP contribution in [-0.2, 0) is 6.54 Å². The molecule has 0 bridgehead atoms. The van der Waals surface area contributed by atoms with E-state index < -0.39 is 0 Å². The van der Waals surface area contributed by atoms with Gasteiger partial charge < -0.3 is 0 Å². The van der Waals surface area contributed by atoms with Gasteiger partial charge in [-0.3, -0.25) is 9.36 Å². The molecule has 3 rings (SSSR count). The highest BCUT2D eigenvalue weighted by Crippen LogP contribution is 2.21. The van der Waals surface area contributed by atoms with E-state index in [9.17, 15) is 4.79 Å². The average Bonchev–Trinajstić information content (AvgIpc) is 2.43. The molecule has 3 aromatic rings. The minimum atomic E-state index is -0.0794. The molecule has 0 aliphatic carbocycles. The van der Waals surface area contributed by atoms with Crippen molar-refractivity contribution in [3.8, 4) is 0 Å². The molecule has 2 heterocycles. The van der Waals surface area contributed by atoms with Crippen molar-refractivity contribution in [1.82, 2.24) is 14.5 Å². The molecule has 0 spiro atoms. The minimum Gasteiger partial charge on any atom is -0.292 e. The standard InChI is InChI=1S/C16H14ClN3O/c1-10-7-15(21)20(11(2)18-10)9-13-8-12-5-3-4-6-14(12)19-16(13)17/h3-8H,9H2,1-2H3. The van der Waals surface area contributed by atoms with Gasteiger partial charge in [-0.2, -0.15) is 0 Å². The van der Waals surface area contributed by atoms with Crippen molar-refractivity contribution >= 4 is 22.5 Å². The molecule has 0 atom stereocenters. The summed E-state index contributed by atoms with van der Waals surface area (Å²) in [6.07, 6.45) is 0. The molecule has 0 saturated heterocycles. The third-order valence-corrected chi connectivity index (χ3v) is 3.73. The van der Waals surface area contributed by atoms with Crippen LogP contribution in [0.5, 0.6) is 0 Å². The van der Waals surface area contributed by atoms with Crippen molar-refractivity contribution in [3.05, 3.63) is 69.0 Å². The molecular weight excluding hydrogens is 286 g/mol. The van der Waals surface area contributed by atoms with Crippen LogP contribution in [0, 0.1) is 13.8 Å². The summed E-state index contributed by atoms with van der Waals surface area (Å²) in [4.78, 5) is 20.8. The zero-order valence-electron chi connectivity index (χ0n) is 11.8. The minimum absolute atomic E-state index is 0.0794. The summed E-state index contributed by atoms with van der Waals surface area (Å²) >= 11 is 6.24. The van der Waals surface area contributed by atoms with Crippen LogP contribution in [-0.4, -0.2) is 14.5 Å². The lowest BCUT2D eigenvalue weighted by atomic mass is 10.1. The lowest BCUT2D eigenvalue weighted by Gasteiger charge is -2.11. The van der Waals surface area contributed by atoms with Crippen molar-refractivity contribution in [2.45, 2.75) is 20.4 Å². The Bertz CT molecular complexity index is 886. The summed E-state index contributed by atoms with van der Waals surface area (Å²) < 4.78 is 1.60. The number of aromatic nitrogens is 3. The molecule has 0 fully saturated rings. The first kappa shape index (κ1) is 13.8. The molecule has 0 saturated carbocycles. The number of rotatable bonds is 2. The van der Waals surface area contributed by atoms with E-state index in [0.29, 0.717) is 17.5 Å². The van der Waals surface area contributed by atoms with Crippen LogP contribution in [0.15, 0.2) is 41.2 Å². The van der Waals surface area contributed by atoms with Crippen LogP contribution < -0.4 is 5.56 Å². The zero-order valence-corrected chi connectivity index (χ0v) is 12.6. The molecule has 106 valence electrons. The number of benzene rings is 1. The topological polar surface area (TPSA) is 47.8 Å². The van der Waals surface area contributed by atoms with Crippen molar-refractivity contribution in [1.29, 1.82) is 0 Å². The normalized spacial score (nSPS) is 11.0. The Hall–Kier alpha value is -2.20. The van der Waals surface area contributed by atoms with Crippen LogP contribution in [0.4, 0.5) is 0 Å². The summed E-state index contributed by atoms with van der Waals surface area (Å²) in [6, 6.07) is 11.3. The number of para-hydroxylation sites is 1. The Morgan fingerprint density at radius 3 is 2.67 bits per heavy atom. The van der Waals surface area contributed by atoms with Gasteiger partial charge in [0.1, 0.15) is 11.0 Å². The van der Waals surface area contributed by atoms with Gasteiger partial charge >= 0.3 is 0 Å². The van der Waals surface area contributed by atoms with Crippen molar-refractivity contribution in [2.75, 3.05) is 0 Å². The second kappa shape index (κ2) is 5.30. The Kier molecular flexibility index (Phi) is 3.47. The third-order valence-electron chi connectivity index (χ3n) is 3.41. The van der Waals surface area contributed by atoms with Crippen LogP contribution in [0.3, 0.4) is 0 Å². The van der Waals surface area contributed by atoms with Crippen LogP contribution in [0.1, 0.15) is 17.1 Å². The maximum atomic E-state index is 12.1. The first-order chi connectivity index (χ1) is 10.0. The molecule has 21 heavy (non-hydrogen) atoms. The lowest BCUT2D eigenvalue weighted by molar-refractivity contribution is 0.693. The zero-order chi connectivity index (χ0) is 15.0. The highest BCUT2D eigenvalue weighted by atomic mass is 35.5. The number of hydrogen-bond acceptors (Lipinski definition) is 3. The van der Waals surface area contributed by atoms with Gasteiger partial charge in [-0.25, -0.2) is 9.97 Å². The quantitative estimate of drug-likeness (QED) is 0.683. The summed E-state index contributed by atoms with van der Waals surface area (Å²) in [6.45, 7) is 3.99. The molecule has 0 N–H and O–H groups in total. The second-order valence-electron chi connectivity index (χ2n) is 5.00. The number of halogens is 1. The first-order valence-electron chi connectivity index (χ1n) is 6.64. The number of aryl methyl sites for hydroxylation is 2. The van der Waals surface area contributed by atoms with Gasteiger partial charge in [0.05, 0.1) is 12.1 Å². The third kappa shape index (κ3) is 2.67. The fraction of sp³-hybridized carbons (Fsp3) is 0.188. The van der Waals surface area contributed by atoms with E-state index >= 15 is 0 Å². The molecule has 0 amide bonds. The molecule has 0 aliphatic heterocycles. The first-order valence-corrected chi connectivity index (χ1v) is 7.01. The van der Waals surface area contributed by atoms with Crippen LogP contribution in [0.25, 0.3) is 10.9 Å². The highest BCUT2D eigenvalue weighted by molar-refractivity contribution is 6.30. The van der Waals surface area contributed by atoms with E-state index in [-0.39, 0.29) is 5.56 Å². The van der Waals surface area contributed by atoms with E-state index in [1.54, 1.807) is 4.57 Å². The van der Waals surface area contributed by atoms with E-state index in [4.69, 9.17) is 11.6 Å². The van der Waals surface area contributed by atoms with Crippen molar-refractivity contribution < 1.29 is 0 Å². The Morgan fingerprint density at radius 2 is 1.90 bits per heavy atom. The summed E-state index contributed by atoms with van der Waals surface area (Å²) in [5.74, 6) is 0.671. The fourth-order valence-corrected chi connectivity index (χ4v) is 2.58. The second-order valence-corrected chi connectivity index (χ2v) is 5.36. The monoisotopic (exact) mass is 299 g/mol. The van der Waals surface area contributed by atoms with E-state index in [2.05, 4.69) is 9.97 Å². The SMILES string of the molecule is Cc1cc(=O)n(Cc2cc3ccccc3nc2Cl)c(C)n1. The van der Waals surface area contributed by atoms with Crippen LogP contribution in [0.2, 0.25) is 5.15 Å². The molecule has 4 nitrogen and oxygen atoms in total. The summed E-state index contributed by atoms with van der Waals surface area (Å²) in [7, 11) is 0. The molecule has 0 aliphatic rings. The molecule has 1 aromatic carbocycles. The van der Waals surface area contributed by atoms with E-state index in [1.807, 2.05) is 44.2 Å². The van der Waals surface area contributed by atoms with Gasteiger partial charge in [-0.15, -0.1) is 0 Å². The smallest absolute Gasteiger partial charge is 0.254 e. The van der Waals surface area contributed by atoms with Gasteiger partial charge in [-0.05, 0) is 26.0 Å². The van der Waals surface area contributed by atoms with Crippen LogP contribution >= 0.6 is 11.6 Å². The average molecular weight is 300 g/mol. The van der Waals surface area contributed by atoms with Gasteiger partial charge in [0.15, 0.2) is 0 Å². The highest BCUT2D eigenvalue weighted by Gasteiger charge is 2.09. The van der Waals surface area contributed by atoms with Gasteiger partial charge in [0.25, 0.3) is 5.56 Å². The largest absolute Gasteiger partial charge is 0.292 e. The molecule has 2 aromatic heterocycles. The van der Waals surface area contributed by atoms with Gasteiger partial charge in [-0.1, -0.05) is 29.8 Å². The van der Waals surface area contributed by atoms with Gasteiger partial charge in [0.2, 0.25) is 0 Å². The molecule has 0 unspecified atom stereocenters. The van der Waals surface area contributed by atoms with Gasteiger partial charge in [0, 0.05) is 22.7 Å². The summed E-state index contributed by atoms with van der Waals surface area (Å²) in [5, 5.41) is 1.42. The Balaban J connectivity index is 2.10. The number of pyridine rings is 1. The fourth-order valence-electron chi connectivity index (χ4n) is 2.37. The number of hydrogen-bond donors (Lipinski definition) is 0. The predicted octanol–water partition coefficient (Wildman–Crippen LogP) is 3.11. The lowest BCUT2D eigenvalue weighted by Crippen LogP contribution is -2.24. The Morgan fingerprint density at radius 1 is 1.14 bits per heavy atom. The van der Waals surface area contributed by atoms with Crippen molar-refractivity contribution in [3.63, 3.8) is 0 Å². The molecular formula is C16H14ClN3O. The van der Waals surface area contributed by atoms with E-state index in [0.717, 1.165) is 22.2 Å². The number of nitrogens with zero attached hydrogens (tertiary/aromatic N) is 3. The molecule has 5 heteroatoms. The molecule has 0 radical (unpaired) electrons.